The van der Waals surface area contributed by atoms with Crippen LogP contribution in [0.5, 0.6) is 0 Å². The Bertz CT molecular complexity index is 442. The van der Waals surface area contributed by atoms with Crippen LogP contribution in [0.3, 0.4) is 0 Å². The summed E-state index contributed by atoms with van der Waals surface area (Å²) < 4.78 is 13.3. The van der Waals surface area contributed by atoms with Crippen molar-refractivity contribution in [2.45, 2.75) is 51.0 Å². The van der Waals surface area contributed by atoms with Crippen LogP contribution in [0.1, 0.15) is 44.1 Å². The minimum absolute atomic E-state index is 0.0306. The molecule has 1 aliphatic carbocycles. The van der Waals surface area contributed by atoms with Crippen molar-refractivity contribution in [2.24, 2.45) is 0 Å². The maximum absolute atomic E-state index is 13.3. The average Bonchev–Trinajstić information content (AvgIpc) is 2.40. The van der Waals surface area contributed by atoms with Gasteiger partial charge in [-0.2, -0.15) is 0 Å². The third-order valence-corrected chi connectivity index (χ3v) is 3.64. The minimum Gasteiger partial charge on any atom is -0.481 e. The van der Waals surface area contributed by atoms with E-state index in [1.165, 1.54) is 31.4 Å². The number of carbonyl (C=O) groups is 1. The van der Waals surface area contributed by atoms with Crippen molar-refractivity contribution in [3.8, 4) is 0 Å². The van der Waals surface area contributed by atoms with Gasteiger partial charge in [0.15, 0.2) is 0 Å². The number of aryl methyl sites for hydroxylation is 1. The van der Waals surface area contributed by atoms with Crippen LogP contribution in [-0.2, 0) is 11.2 Å². The zero-order valence-corrected chi connectivity index (χ0v) is 11.0. The van der Waals surface area contributed by atoms with Crippen LogP contribution in [0.2, 0.25) is 0 Å². The largest absolute Gasteiger partial charge is 0.481 e. The van der Waals surface area contributed by atoms with Crippen LogP contribution >= 0.6 is 0 Å². The second-order valence-electron chi connectivity index (χ2n) is 5.17. The fraction of sp³-hybridized carbons (Fsp3) is 0.533. The number of rotatable bonds is 5. The summed E-state index contributed by atoms with van der Waals surface area (Å²) in [5.74, 6) is -1.16. The summed E-state index contributed by atoms with van der Waals surface area (Å²) in [6.45, 7) is 0. The molecule has 0 atom stereocenters. The Labute approximate surface area is 112 Å². The molecule has 0 radical (unpaired) electrons. The molecule has 104 valence electrons. The lowest BCUT2D eigenvalue weighted by Crippen LogP contribution is -2.23. The summed E-state index contributed by atoms with van der Waals surface area (Å²) >= 11 is 0. The highest BCUT2D eigenvalue weighted by molar-refractivity contribution is 5.67. The Balaban J connectivity index is 2.06. The topological polar surface area (TPSA) is 49.3 Å². The normalized spacial score (nSPS) is 16.3. The van der Waals surface area contributed by atoms with E-state index in [1.807, 2.05) is 0 Å². The van der Waals surface area contributed by atoms with Crippen LogP contribution in [-0.4, -0.2) is 17.1 Å². The highest BCUT2D eigenvalue weighted by Gasteiger charge is 2.15. The van der Waals surface area contributed by atoms with Crippen molar-refractivity contribution in [2.75, 3.05) is 5.32 Å². The number of carboxylic acid groups (broad SMARTS) is 1. The number of benzene rings is 1. The Morgan fingerprint density at radius 3 is 2.74 bits per heavy atom. The Kier molecular flexibility index (Phi) is 4.77. The molecule has 0 spiro atoms. The van der Waals surface area contributed by atoms with Gasteiger partial charge in [0.1, 0.15) is 5.82 Å². The predicted molar refractivity (Wildman–Crippen MR) is 72.9 cm³/mol. The molecule has 1 aromatic carbocycles. The fourth-order valence-electron chi connectivity index (χ4n) is 2.62. The van der Waals surface area contributed by atoms with Crippen molar-refractivity contribution >= 4 is 11.7 Å². The van der Waals surface area contributed by atoms with Gasteiger partial charge in [0.05, 0.1) is 0 Å². The van der Waals surface area contributed by atoms with E-state index in [9.17, 15) is 9.18 Å². The second-order valence-corrected chi connectivity index (χ2v) is 5.17. The third kappa shape index (κ3) is 4.23. The molecule has 0 amide bonds. The first-order chi connectivity index (χ1) is 9.15. The number of anilines is 1. The van der Waals surface area contributed by atoms with Crippen LogP contribution in [0.4, 0.5) is 10.1 Å². The van der Waals surface area contributed by atoms with Gasteiger partial charge in [0.25, 0.3) is 0 Å². The predicted octanol–water partition coefficient (Wildman–Crippen LogP) is 3.59. The lowest BCUT2D eigenvalue weighted by molar-refractivity contribution is -0.136. The van der Waals surface area contributed by atoms with Crippen molar-refractivity contribution < 1.29 is 14.3 Å². The zero-order valence-electron chi connectivity index (χ0n) is 11.0. The van der Waals surface area contributed by atoms with E-state index in [0.717, 1.165) is 24.1 Å². The van der Waals surface area contributed by atoms with Gasteiger partial charge in [-0.3, -0.25) is 4.79 Å². The maximum Gasteiger partial charge on any atom is 0.303 e. The summed E-state index contributed by atoms with van der Waals surface area (Å²) in [6, 6.07) is 5.02. The van der Waals surface area contributed by atoms with Gasteiger partial charge in [-0.15, -0.1) is 0 Å². The van der Waals surface area contributed by atoms with Gasteiger partial charge in [0.2, 0.25) is 0 Å². The van der Waals surface area contributed by atoms with Gasteiger partial charge >= 0.3 is 5.97 Å². The van der Waals surface area contributed by atoms with E-state index < -0.39 is 5.97 Å². The molecule has 1 fully saturated rings. The highest BCUT2D eigenvalue weighted by Crippen LogP contribution is 2.25. The first-order valence-electron chi connectivity index (χ1n) is 6.92. The molecule has 0 heterocycles. The van der Waals surface area contributed by atoms with E-state index in [0.29, 0.717) is 12.5 Å². The van der Waals surface area contributed by atoms with Crippen LogP contribution in [0.25, 0.3) is 0 Å². The molecule has 0 aliphatic heterocycles. The standard InChI is InChI=1S/C15H20FNO2/c16-12-7-8-14(11(10-12)6-9-15(18)19)17-13-4-2-1-3-5-13/h7-8,10,13,17H,1-6,9H2,(H,18,19). The molecule has 2 N–H and O–H groups in total. The number of aliphatic carboxylic acids is 1. The summed E-state index contributed by atoms with van der Waals surface area (Å²) in [4.78, 5) is 10.6. The summed E-state index contributed by atoms with van der Waals surface area (Å²) in [5, 5.41) is 12.2. The molecular weight excluding hydrogens is 245 g/mol. The molecule has 3 nitrogen and oxygen atoms in total. The van der Waals surface area contributed by atoms with Gasteiger partial charge < -0.3 is 10.4 Å². The molecule has 19 heavy (non-hydrogen) atoms. The minimum atomic E-state index is -0.854. The van der Waals surface area contributed by atoms with Gasteiger partial charge in [-0.05, 0) is 43.0 Å². The van der Waals surface area contributed by atoms with E-state index in [-0.39, 0.29) is 12.2 Å². The molecule has 0 bridgehead atoms. The van der Waals surface area contributed by atoms with E-state index in [1.54, 1.807) is 6.07 Å². The van der Waals surface area contributed by atoms with E-state index in [4.69, 9.17) is 5.11 Å². The molecule has 4 heteroatoms. The van der Waals surface area contributed by atoms with Gasteiger partial charge in [-0.1, -0.05) is 19.3 Å². The van der Waals surface area contributed by atoms with Crippen LogP contribution in [0, 0.1) is 5.82 Å². The number of halogens is 1. The molecule has 0 saturated heterocycles. The van der Waals surface area contributed by atoms with Crippen molar-refractivity contribution in [3.63, 3.8) is 0 Å². The summed E-state index contributed by atoms with van der Waals surface area (Å²) in [5.41, 5.74) is 1.64. The number of carboxylic acids is 1. The van der Waals surface area contributed by atoms with E-state index >= 15 is 0 Å². The van der Waals surface area contributed by atoms with Crippen molar-refractivity contribution in [3.05, 3.63) is 29.6 Å². The lowest BCUT2D eigenvalue weighted by atomic mass is 9.95. The summed E-state index contributed by atoms with van der Waals surface area (Å²) in [7, 11) is 0. The number of nitrogens with one attached hydrogen (secondary N) is 1. The van der Waals surface area contributed by atoms with Crippen molar-refractivity contribution in [1.29, 1.82) is 0 Å². The highest BCUT2D eigenvalue weighted by atomic mass is 19.1. The van der Waals surface area contributed by atoms with Gasteiger partial charge in [-0.25, -0.2) is 4.39 Å². The fourth-order valence-corrected chi connectivity index (χ4v) is 2.62. The molecule has 1 saturated carbocycles. The maximum atomic E-state index is 13.3. The molecule has 2 rings (SSSR count). The van der Waals surface area contributed by atoms with Gasteiger partial charge in [0, 0.05) is 18.2 Å². The molecule has 1 aromatic rings. The second kappa shape index (κ2) is 6.55. The zero-order chi connectivity index (χ0) is 13.7. The average molecular weight is 265 g/mol. The molecular formula is C15H20FNO2. The van der Waals surface area contributed by atoms with Crippen LogP contribution in [0.15, 0.2) is 18.2 Å². The quantitative estimate of drug-likeness (QED) is 0.855. The van der Waals surface area contributed by atoms with E-state index in [2.05, 4.69) is 5.32 Å². The molecule has 0 unspecified atom stereocenters. The Morgan fingerprint density at radius 1 is 1.32 bits per heavy atom. The Morgan fingerprint density at radius 2 is 2.05 bits per heavy atom. The first-order valence-corrected chi connectivity index (χ1v) is 6.92. The Hall–Kier alpha value is -1.58. The number of hydrogen-bond acceptors (Lipinski definition) is 2. The number of hydrogen-bond donors (Lipinski definition) is 2. The lowest BCUT2D eigenvalue weighted by Gasteiger charge is -2.25. The summed E-state index contributed by atoms with van der Waals surface area (Å²) in [6.07, 6.45) is 6.40. The molecule has 1 aliphatic rings. The SMILES string of the molecule is O=C(O)CCc1cc(F)ccc1NC1CCCCC1. The third-order valence-electron chi connectivity index (χ3n) is 3.64. The monoisotopic (exact) mass is 265 g/mol. The first kappa shape index (κ1) is 13.8. The van der Waals surface area contributed by atoms with Crippen molar-refractivity contribution in [1.82, 2.24) is 0 Å². The smallest absolute Gasteiger partial charge is 0.303 e. The molecule has 0 aromatic heterocycles. The van der Waals surface area contributed by atoms with Crippen LogP contribution < -0.4 is 5.32 Å².